The van der Waals surface area contributed by atoms with Crippen LogP contribution in [0.2, 0.25) is 0 Å². The molecule has 0 saturated heterocycles. The van der Waals surface area contributed by atoms with Gasteiger partial charge in [0.25, 0.3) is 0 Å². The summed E-state index contributed by atoms with van der Waals surface area (Å²) in [6, 6.07) is 0. The van der Waals surface area contributed by atoms with Crippen LogP contribution >= 0.6 is 0 Å². The van der Waals surface area contributed by atoms with Gasteiger partial charge in [0.2, 0.25) is 0 Å². The maximum absolute atomic E-state index is 5.32. The molecular formula is C10H26B2N2. The quantitative estimate of drug-likeness (QED) is 0.608. The average molecular weight is 196 g/mol. The Hall–Kier alpha value is 0.0499. The van der Waals surface area contributed by atoms with Crippen molar-refractivity contribution in [3.8, 4) is 0 Å². The SMILES string of the molecule is C.[B]CN(C)CC.[B]CN(CC)CC. The molecule has 0 aliphatic rings. The Morgan fingerprint density at radius 3 is 1.29 bits per heavy atom. The van der Waals surface area contributed by atoms with E-state index < -0.39 is 0 Å². The Kier molecular flexibility index (Phi) is 21.7. The fourth-order valence-electron chi connectivity index (χ4n) is 0.611. The van der Waals surface area contributed by atoms with Gasteiger partial charge in [0.1, 0.15) is 0 Å². The van der Waals surface area contributed by atoms with Gasteiger partial charge in [-0.05, 0) is 39.6 Å². The molecule has 0 aromatic carbocycles. The van der Waals surface area contributed by atoms with Gasteiger partial charge in [0, 0.05) is 0 Å². The standard InChI is InChI=1S/C5H12BN.C4H10BN.CH4/c1-3-7(4-2)5-6;1-3-6(2)4-5;/h3-5H2,1-2H3;3-4H2,1-2H3;1H4. The van der Waals surface area contributed by atoms with Crippen molar-refractivity contribution in [3.63, 3.8) is 0 Å². The summed E-state index contributed by atoms with van der Waals surface area (Å²) in [7, 11) is 12.5. The van der Waals surface area contributed by atoms with E-state index >= 15 is 0 Å². The van der Waals surface area contributed by atoms with Crippen LogP contribution in [0.3, 0.4) is 0 Å². The Balaban J connectivity index is -0.000000163. The van der Waals surface area contributed by atoms with Crippen LogP contribution < -0.4 is 0 Å². The average Bonchev–Trinajstić information content (AvgIpc) is 2.20. The van der Waals surface area contributed by atoms with Crippen LogP contribution in [0.15, 0.2) is 0 Å². The van der Waals surface area contributed by atoms with Crippen molar-refractivity contribution in [1.82, 2.24) is 9.80 Å². The predicted molar refractivity (Wildman–Crippen MR) is 69.2 cm³/mol. The molecule has 14 heavy (non-hydrogen) atoms. The van der Waals surface area contributed by atoms with Gasteiger partial charge in [-0.25, -0.2) is 0 Å². The van der Waals surface area contributed by atoms with Crippen LogP contribution in [-0.4, -0.2) is 65.1 Å². The smallest absolute Gasteiger partial charge is 0.0863 e. The van der Waals surface area contributed by atoms with Gasteiger partial charge in [0.15, 0.2) is 0 Å². The molecule has 0 heterocycles. The second kappa shape index (κ2) is 15.5. The molecule has 0 bridgehead atoms. The normalized spacial score (nSPS) is 9.29. The molecule has 82 valence electrons. The lowest BCUT2D eigenvalue weighted by molar-refractivity contribution is 0.354. The first kappa shape index (κ1) is 19.6. The zero-order valence-electron chi connectivity index (χ0n) is 9.58. The second-order valence-electron chi connectivity index (χ2n) is 2.84. The number of rotatable bonds is 5. The van der Waals surface area contributed by atoms with E-state index in [0.717, 1.165) is 19.6 Å². The van der Waals surface area contributed by atoms with Crippen LogP contribution in [-0.2, 0) is 0 Å². The molecule has 0 amide bonds. The third kappa shape index (κ3) is 14.6. The second-order valence-corrected chi connectivity index (χ2v) is 2.84. The van der Waals surface area contributed by atoms with Gasteiger partial charge >= 0.3 is 0 Å². The van der Waals surface area contributed by atoms with Crippen molar-refractivity contribution >= 4 is 15.7 Å². The van der Waals surface area contributed by atoms with E-state index in [-0.39, 0.29) is 7.43 Å². The Morgan fingerprint density at radius 1 is 0.857 bits per heavy atom. The number of hydrogen-bond acceptors (Lipinski definition) is 2. The summed E-state index contributed by atoms with van der Waals surface area (Å²) in [6.45, 7) is 9.45. The summed E-state index contributed by atoms with van der Waals surface area (Å²) in [5, 5.41) is 0. The molecule has 2 nitrogen and oxygen atoms in total. The van der Waals surface area contributed by atoms with Gasteiger partial charge < -0.3 is 9.80 Å². The zero-order valence-corrected chi connectivity index (χ0v) is 9.58. The van der Waals surface area contributed by atoms with Crippen LogP contribution in [0.4, 0.5) is 0 Å². The van der Waals surface area contributed by atoms with Crippen molar-refractivity contribution in [2.45, 2.75) is 28.2 Å². The van der Waals surface area contributed by atoms with Crippen molar-refractivity contribution in [2.24, 2.45) is 0 Å². The molecule has 0 aliphatic heterocycles. The highest BCUT2D eigenvalue weighted by molar-refractivity contribution is 6.08. The summed E-state index contributed by atoms with van der Waals surface area (Å²) in [6.07, 6.45) is 1.35. The Labute approximate surface area is 93.9 Å². The summed E-state index contributed by atoms with van der Waals surface area (Å²) in [5.74, 6) is 0. The van der Waals surface area contributed by atoms with E-state index in [9.17, 15) is 0 Å². The lowest BCUT2D eigenvalue weighted by Gasteiger charge is -2.13. The van der Waals surface area contributed by atoms with Crippen LogP contribution in [0.5, 0.6) is 0 Å². The molecular weight excluding hydrogens is 170 g/mol. The molecule has 4 radical (unpaired) electrons. The van der Waals surface area contributed by atoms with Crippen molar-refractivity contribution < 1.29 is 0 Å². The maximum Gasteiger partial charge on any atom is 0.0863 e. The van der Waals surface area contributed by atoms with Gasteiger partial charge in [-0.1, -0.05) is 28.2 Å². The molecule has 0 aromatic heterocycles. The first-order chi connectivity index (χ1) is 6.15. The highest BCUT2D eigenvalue weighted by Gasteiger charge is 1.88. The topological polar surface area (TPSA) is 6.48 Å². The monoisotopic (exact) mass is 196 g/mol. The van der Waals surface area contributed by atoms with Crippen molar-refractivity contribution in [2.75, 3.05) is 39.6 Å². The molecule has 0 fully saturated rings. The fourth-order valence-corrected chi connectivity index (χ4v) is 0.611. The molecule has 4 heteroatoms. The molecule has 0 atom stereocenters. The summed E-state index contributed by atoms with van der Waals surface area (Å²) >= 11 is 0. The minimum absolute atomic E-state index is 0. The molecule has 0 spiro atoms. The Bertz CT molecular complexity index is 78.7. The first-order valence-electron chi connectivity index (χ1n) is 4.97. The third-order valence-corrected chi connectivity index (χ3v) is 2.00. The van der Waals surface area contributed by atoms with Crippen molar-refractivity contribution in [3.05, 3.63) is 0 Å². The Morgan fingerprint density at radius 2 is 1.29 bits per heavy atom. The minimum atomic E-state index is 0. The molecule has 0 N–H and O–H groups in total. The van der Waals surface area contributed by atoms with Gasteiger partial charge in [-0.15, -0.1) is 0 Å². The van der Waals surface area contributed by atoms with Gasteiger partial charge in [0.05, 0.1) is 15.7 Å². The van der Waals surface area contributed by atoms with E-state index in [2.05, 4.69) is 25.7 Å². The lowest BCUT2D eigenvalue weighted by Crippen LogP contribution is -2.23. The maximum atomic E-state index is 5.32. The van der Waals surface area contributed by atoms with E-state index in [0.29, 0.717) is 12.9 Å². The lowest BCUT2D eigenvalue weighted by atomic mass is 10.1. The van der Waals surface area contributed by atoms with Gasteiger partial charge in [-0.2, -0.15) is 0 Å². The summed E-state index contributed by atoms with van der Waals surface area (Å²) < 4.78 is 0. The van der Waals surface area contributed by atoms with Gasteiger partial charge in [-0.3, -0.25) is 0 Å². The van der Waals surface area contributed by atoms with Crippen molar-refractivity contribution in [1.29, 1.82) is 0 Å². The highest BCUT2D eigenvalue weighted by Crippen LogP contribution is 1.79. The summed E-state index contributed by atoms with van der Waals surface area (Å²) in [4.78, 5) is 4.18. The van der Waals surface area contributed by atoms with E-state index in [1.807, 2.05) is 11.9 Å². The highest BCUT2D eigenvalue weighted by atomic mass is 15.1. The fraction of sp³-hybridized carbons (Fsp3) is 1.00. The molecule has 0 unspecified atom stereocenters. The summed E-state index contributed by atoms with van der Waals surface area (Å²) in [5.41, 5.74) is 0. The number of nitrogens with zero attached hydrogens (tertiary/aromatic N) is 2. The van der Waals surface area contributed by atoms with E-state index in [1.54, 1.807) is 0 Å². The van der Waals surface area contributed by atoms with Crippen LogP contribution in [0, 0.1) is 0 Å². The minimum Gasteiger partial charge on any atom is -0.315 e. The third-order valence-electron chi connectivity index (χ3n) is 2.00. The zero-order chi connectivity index (χ0) is 10.7. The van der Waals surface area contributed by atoms with Crippen LogP contribution in [0.1, 0.15) is 28.2 Å². The van der Waals surface area contributed by atoms with E-state index in [1.165, 1.54) is 0 Å². The predicted octanol–water partition coefficient (Wildman–Crippen LogP) is 1.15. The first-order valence-corrected chi connectivity index (χ1v) is 4.97. The largest absolute Gasteiger partial charge is 0.315 e. The number of hydrogen-bond donors (Lipinski definition) is 0. The van der Waals surface area contributed by atoms with Crippen LogP contribution in [0.25, 0.3) is 0 Å². The molecule has 0 saturated carbocycles. The molecule has 0 aliphatic carbocycles. The van der Waals surface area contributed by atoms with E-state index in [4.69, 9.17) is 15.7 Å². The molecule has 0 rings (SSSR count). The molecule has 0 aromatic rings.